The third kappa shape index (κ3) is 3.65. The molecule has 1 atom stereocenters. The third-order valence-corrected chi connectivity index (χ3v) is 3.29. The Balaban J connectivity index is 2.71. The summed E-state index contributed by atoms with van der Waals surface area (Å²) in [4.78, 5) is 13.8. The molecule has 1 aromatic rings. The number of hydrogen-bond acceptors (Lipinski definition) is 2. The Labute approximate surface area is 109 Å². The number of carbonyl (C=O) groups is 1. The molecule has 0 aliphatic carbocycles. The lowest BCUT2D eigenvalue weighted by molar-refractivity contribution is 0.156. The standard InChI is InChI=1S/C14H23N3O/c1-10(14(2,3)4)17(5)13(18)16-12-8-6-7-11(15)9-12/h6-10H,15H2,1-5H3,(H,16,18). The van der Waals surface area contributed by atoms with Gasteiger partial charge < -0.3 is 16.0 Å². The molecule has 2 amide bonds. The van der Waals surface area contributed by atoms with Gasteiger partial charge in [0.1, 0.15) is 0 Å². The fourth-order valence-electron chi connectivity index (χ4n) is 1.58. The zero-order valence-electron chi connectivity index (χ0n) is 11.8. The molecule has 1 rings (SSSR count). The van der Waals surface area contributed by atoms with E-state index in [1.165, 1.54) is 0 Å². The van der Waals surface area contributed by atoms with Gasteiger partial charge in [-0.05, 0) is 30.5 Å². The Bertz CT molecular complexity index is 423. The summed E-state index contributed by atoms with van der Waals surface area (Å²) in [6, 6.07) is 7.19. The Kier molecular flexibility index (Phi) is 4.22. The predicted octanol–water partition coefficient (Wildman–Crippen LogP) is 3.17. The lowest BCUT2D eigenvalue weighted by Gasteiger charge is -2.35. The molecule has 1 aromatic carbocycles. The van der Waals surface area contributed by atoms with Gasteiger partial charge in [-0.1, -0.05) is 26.8 Å². The fourth-order valence-corrected chi connectivity index (χ4v) is 1.58. The predicted molar refractivity (Wildman–Crippen MR) is 76.6 cm³/mol. The second kappa shape index (κ2) is 5.29. The molecule has 0 heterocycles. The molecule has 0 saturated carbocycles. The highest BCUT2D eigenvalue weighted by Crippen LogP contribution is 2.23. The maximum Gasteiger partial charge on any atom is 0.321 e. The molecule has 0 spiro atoms. The first-order valence-electron chi connectivity index (χ1n) is 6.11. The van der Waals surface area contributed by atoms with Gasteiger partial charge in [0.05, 0.1) is 0 Å². The number of amides is 2. The highest BCUT2D eigenvalue weighted by atomic mass is 16.2. The van der Waals surface area contributed by atoms with Crippen LogP contribution in [-0.2, 0) is 0 Å². The molecule has 0 fully saturated rings. The molecule has 4 heteroatoms. The van der Waals surface area contributed by atoms with E-state index in [0.29, 0.717) is 11.4 Å². The average Bonchev–Trinajstić information content (AvgIpc) is 2.25. The van der Waals surface area contributed by atoms with Gasteiger partial charge in [-0.25, -0.2) is 4.79 Å². The molecule has 100 valence electrons. The fraction of sp³-hybridized carbons (Fsp3) is 0.500. The lowest BCUT2D eigenvalue weighted by Crippen LogP contribution is -2.44. The van der Waals surface area contributed by atoms with Crippen LogP contribution in [0.4, 0.5) is 16.2 Å². The summed E-state index contributed by atoms with van der Waals surface area (Å²) < 4.78 is 0. The molecular formula is C14H23N3O. The molecule has 0 radical (unpaired) electrons. The van der Waals surface area contributed by atoms with E-state index in [4.69, 9.17) is 5.73 Å². The van der Waals surface area contributed by atoms with Crippen LogP contribution < -0.4 is 11.1 Å². The van der Waals surface area contributed by atoms with E-state index in [2.05, 4.69) is 26.1 Å². The highest BCUT2D eigenvalue weighted by Gasteiger charge is 2.26. The molecule has 0 aliphatic heterocycles. The van der Waals surface area contributed by atoms with Gasteiger partial charge in [0.2, 0.25) is 0 Å². The van der Waals surface area contributed by atoms with E-state index in [1.807, 2.05) is 19.1 Å². The van der Waals surface area contributed by atoms with Gasteiger partial charge in [0.15, 0.2) is 0 Å². The third-order valence-electron chi connectivity index (χ3n) is 3.29. The van der Waals surface area contributed by atoms with Crippen molar-refractivity contribution >= 4 is 17.4 Å². The first-order valence-corrected chi connectivity index (χ1v) is 6.11. The monoisotopic (exact) mass is 249 g/mol. The first kappa shape index (κ1) is 14.4. The number of nitrogens with one attached hydrogen (secondary N) is 1. The van der Waals surface area contributed by atoms with Gasteiger partial charge in [-0.3, -0.25) is 0 Å². The van der Waals surface area contributed by atoms with Gasteiger partial charge in [-0.2, -0.15) is 0 Å². The number of carbonyl (C=O) groups excluding carboxylic acids is 1. The van der Waals surface area contributed by atoms with Gasteiger partial charge in [0.25, 0.3) is 0 Å². The van der Waals surface area contributed by atoms with E-state index in [-0.39, 0.29) is 17.5 Å². The van der Waals surface area contributed by atoms with Crippen LogP contribution >= 0.6 is 0 Å². The van der Waals surface area contributed by atoms with Crippen molar-refractivity contribution in [2.75, 3.05) is 18.1 Å². The SMILES string of the molecule is CC(N(C)C(=O)Nc1cccc(N)c1)C(C)(C)C. The van der Waals surface area contributed by atoms with Crippen molar-refractivity contribution < 1.29 is 4.79 Å². The van der Waals surface area contributed by atoms with Crippen LogP contribution in [-0.4, -0.2) is 24.0 Å². The van der Waals surface area contributed by atoms with E-state index < -0.39 is 0 Å². The summed E-state index contributed by atoms with van der Waals surface area (Å²) in [5.74, 6) is 0. The smallest absolute Gasteiger partial charge is 0.321 e. The average molecular weight is 249 g/mol. The Morgan fingerprint density at radius 1 is 1.39 bits per heavy atom. The number of rotatable bonds is 2. The minimum atomic E-state index is -0.122. The minimum Gasteiger partial charge on any atom is -0.399 e. The summed E-state index contributed by atoms with van der Waals surface area (Å²) in [5, 5.41) is 2.84. The van der Waals surface area contributed by atoms with Crippen LogP contribution in [0.5, 0.6) is 0 Å². The molecule has 0 aromatic heterocycles. The van der Waals surface area contributed by atoms with Crippen LogP contribution in [0.15, 0.2) is 24.3 Å². The van der Waals surface area contributed by atoms with E-state index >= 15 is 0 Å². The van der Waals surface area contributed by atoms with E-state index in [0.717, 1.165) is 0 Å². The lowest BCUT2D eigenvalue weighted by atomic mass is 9.87. The van der Waals surface area contributed by atoms with Gasteiger partial charge >= 0.3 is 6.03 Å². The normalized spacial score (nSPS) is 12.9. The van der Waals surface area contributed by atoms with Crippen molar-refractivity contribution in [2.45, 2.75) is 33.7 Å². The second-order valence-electron chi connectivity index (χ2n) is 5.71. The Morgan fingerprint density at radius 3 is 2.50 bits per heavy atom. The number of nitrogens with two attached hydrogens (primary N) is 1. The van der Waals surface area contributed by atoms with Crippen LogP contribution in [0.2, 0.25) is 0 Å². The molecular weight excluding hydrogens is 226 g/mol. The zero-order chi connectivity index (χ0) is 13.9. The molecule has 1 unspecified atom stereocenters. The number of hydrogen-bond donors (Lipinski definition) is 2. The van der Waals surface area contributed by atoms with Crippen molar-refractivity contribution in [3.8, 4) is 0 Å². The summed E-state index contributed by atoms with van der Waals surface area (Å²) in [5.41, 5.74) is 7.07. The molecule has 18 heavy (non-hydrogen) atoms. The number of nitrogen functional groups attached to an aromatic ring is 1. The van der Waals surface area contributed by atoms with Crippen molar-refractivity contribution in [3.05, 3.63) is 24.3 Å². The quantitative estimate of drug-likeness (QED) is 0.791. The van der Waals surface area contributed by atoms with Crippen molar-refractivity contribution in [1.29, 1.82) is 0 Å². The Hall–Kier alpha value is -1.71. The van der Waals surface area contributed by atoms with Crippen LogP contribution in [0.25, 0.3) is 0 Å². The molecule has 0 aliphatic rings. The number of benzene rings is 1. The summed E-state index contributed by atoms with van der Waals surface area (Å²) in [6.07, 6.45) is 0. The number of urea groups is 1. The van der Waals surface area contributed by atoms with Crippen LogP contribution in [0.3, 0.4) is 0 Å². The topological polar surface area (TPSA) is 58.4 Å². The summed E-state index contributed by atoms with van der Waals surface area (Å²) >= 11 is 0. The molecule has 0 saturated heterocycles. The number of anilines is 2. The summed E-state index contributed by atoms with van der Waals surface area (Å²) in [7, 11) is 1.80. The molecule has 3 N–H and O–H groups in total. The highest BCUT2D eigenvalue weighted by molar-refractivity contribution is 5.89. The van der Waals surface area contributed by atoms with Crippen LogP contribution in [0, 0.1) is 5.41 Å². The van der Waals surface area contributed by atoms with Gasteiger partial charge in [-0.15, -0.1) is 0 Å². The largest absolute Gasteiger partial charge is 0.399 e. The first-order chi connectivity index (χ1) is 8.21. The maximum absolute atomic E-state index is 12.1. The van der Waals surface area contributed by atoms with Gasteiger partial charge in [0, 0.05) is 24.5 Å². The van der Waals surface area contributed by atoms with Crippen LogP contribution in [0.1, 0.15) is 27.7 Å². The molecule has 0 bridgehead atoms. The number of nitrogens with zero attached hydrogens (tertiary/aromatic N) is 1. The second-order valence-corrected chi connectivity index (χ2v) is 5.71. The van der Waals surface area contributed by atoms with Crippen molar-refractivity contribution in [3.63, 3.8) is 0 Å². The minimum absolute atomic E-state index is 0.0435. The van der Waals surface area contributed by atoms with E-state index in [9.17, 15) is 4.79 Å². The van der Waals surface area contributed by atoms with Crippen molar-refractivity contribution in [1.82, 2.24) is 4.90 Å². The zero-order valence-corrected chi connectivity index (χ0v) is 11.8. The molecule has 4 nitrogen and oxygen atoms in total. The van der Waals surface area contributed by atoms with Crippen molar-refractivity contribution in [2.24, 2.45) is 5.41 Å². The summed E-state index contributed by atoms with van der Waals surface area (Å²) in [6.45, 7) is 8.38. The van der Waals surface area contributed by atoms with E-state index in [1.54, 1.807) is 24.1 Å². The Morgan fingerprint density at radius 2 is 2.00 bits per heavy atom. The maximum atomic E-state index is 12.1.